The van der Waals surface area contributed by atoms with E-state index in [0.717, 1.165) is 17.1 Å². The molecule has 0 saturated heterocycles. The Bertz CT molecular complexity index is 4300. The van der Waals surface area contributed by atoms with Crippen LogP contribution in [0.2, 0.25) is 0 Å². The molecule has 0 atom stereocenters. The number of hydrogen-bond acceptors (Lipinski definition) is 1. The van der Waals surface area contributed by atoms with Crippen LogP contribution < -0.4 is 4.90 Å². The summed E-state index contributed by atoms with van der Waals surface area (Å²) in [5.74, 6) is 0. The van der Waals surface area contributed by atoms with E-state index in [1.165, 1.54) is 131 Å². The fourth-order valence-corrected chi connectivity index (χ4v) is 13.6. The molecule has 70 heavy (non-hydrogen) atoms. The quantitative estimate of drug-likeness (QED) is 0.160. The molecule has 15 rings (SSSR count). The zero-order valence-electron chi connectivity index (χ0n) is 40.5. The molecule has 3 aliphatic carbocycles. The van der Waals surface area contributed by atoms with Crippen molar-refractivity contribution in [1.29, 1.82) is 0 Å². The van der Waals surface area contributed by atoms with E-state index in [2.05, 4.69) is 247 Å². The largest absolute Gasteiger partial charge is 0.310 e. The maximum absolute atomic E-state index is 2.56. The van der Waals surface area contributed by atoms with Crippen molar-refractivity contribution >= 4 is 81.7 Å². The summed E-state index contributed by atoms with van der Waals surface area (Å²) >= 11 is 0. The molecule has 0 aromatic heterocycles. The smallest absolute Gasteiger partial charge is 0.0468 e. The summed E-state index contributed by atoms with van der Waals surface area (Å²) < 4.78 is 0. The van der Waals surface area contributed by atoms with Gasteiger partial charge in [-0.2, -0.15) is 0 Å². The number of anilines is 3. The first-order valence-corrected chi connectivity index (χ1v) is 25.1. The van der Waals surface area contributed by atoms with Gasteiger partial charge in [0.05, 0.1) is 0 Å². The molecule has 0 bridgehead atoms. The van der Waals surface area contributed by atoms with Crippen LogP contribution in [0.15, 0.2) is 200 Å². The first-order valence-electron chi connectivity index (χ1n) is 25.1. The van der Waals surface area contributed by atoms with E-state index in [-0.39, 0.29) is 16.2 Å². The number of nitrogens with zero attached hydrogens (tertiary/aromatic N) is 1. The average molecular weight is 894 g/mol. The maximum Gasteiger partial charge on any atom is 0.0468 e. The van der Waals surface area contributed by atoms with Crippen molar-refractivity contribution in [2.24, 2.45) is 0 Å². The molecule has 0 fully saturated rings. The van der Waals surface area contributed by atoms with Gasteiger partial charge in [-0.1, -0.05) is 169 Å². The number of hydrogen-bond donors (Lipinski definition) is 0. The van der Waals surface area contributed by atoms with Crippen LogP contribution in [0.1, 0.15) is 74.9 Å². The van der Waals surface area contributed by atoms with E-state index in [4.69, 9.17) is 0 Å². The van der Waals surface area contributed by atoms with E-state index in [0.29, 0.717) is 0 Å². The van der Waals surface area contributed by atoms with Gasteiger partial charge < -0.3 is 4.90 Å². The summed E-state index contributed by atoms with van der Waals surface area (Å²) in [6.07, 6.45) is 0. The lowest BCUT2D eigenvalue weighted by atomic mass is 9.79. The second-order valence-electron chi connectivity index (χ2n) is 22.1. The predicted molar refractivity (Wildman–Crippen MR) is 299 cm³/mol. The molecule has 332 valence electrons. The first kappa shape index (κ1) is 39.9. The lowest BCUT2D eigenvalue weighted by Crippen LogP contribution is -2.17. The van der Waals surface area contributed by atoms with Gasteiger partial charge in [-0.3, -0.25) is 0 Å². The van der Waals surface area contributed by atoms with Crippen molar-refractivity contribution in [3.05, 3.63) is 234 Å². The highest BCUT2D eigenvalue weighted by Crippen LogP contribution is 2.58. The minimum absolute atomic E-state index is 0.110. The third kappa shape index (κ3) is 5.22. The fourth-order valence-electron chi connectivity index (χ4n) is 13.6. The van der Waals surface area contributed by atoms with E-state index in [1.807, 2.05) is 0 Å². The Morgan fingerprint density at radius 1 is 0.243 bits per heavy atom. The number of benzene rings is 12. The fraction of sp³-hybridized carbons (Fsp3) is 0.130. The molecule has 0 amide bonds. The van der Waals surface area contributed by atoms with Crippen molar-refractivity contribution in [1.82, 2.24) is 0 Å². The average Bonchev–Trinajstić information content (AvgIpc) is 3.85. The van der Waals surface area contributed by atoms with Crippen LogP contribution >= 0.6 is 0 Å². The molecule has 0 N–H and O–H groups in total. The molecule has 12 aromatic carbocycles. The number of rotatable bonds is 3. The first-order chi connectivity index (χ1) is 33.9. The lowest BCUT2D eigenvalue weighted by molar-refractivity contribution is 0.652. The second kappa shape index (κ2) is 13.6. The Hall–Kier alpha value is -8.00. The van der Waals surface area contributed by atoms with Crippen LogP contribution in [0.25, 0.3) is 98.0 Å². The van der Waals surface area contributed by atoms with Gasteiger partial charge in [0.1, 0.15) is 0 Å². The van der Waals surface area contributed by atoms with Crippen LogP contribution in [0.4, 0.5) is 17.1 Å². The van der Waals surface area contributed by atoms with Gasteiger partial charge >= 0.3 is 0 Å². The Balaban J connectivity index is 0.931. The molecule has 0 spiro atoms. The summed E-state index contributed by atoms with van der Waals surface area (Å²) in [6, 6.07) is 76.7. The van der Waals surface area contributed by atoms with E-state index >= 15 is 0 Å². The zero-order chi connectivity index (χ0) is 47.0. The van der Waals surface area contributed by atoms with Gasteiger partial charge in [-0.15, -0.1) is 0 Å². The summed E-state index contributed by atoms with van der Waals surface area (Å²) in [4.78, 5) is 2.52. The predicted octanol–water partition coefficient (Wildman–Crippen LogP) is 19.0. The minimum Gasteiger partial charge on any atom is -0.310 e. The monoisotopic (exact) mass is 893 g/mol. The molecule has 1 nitrogen and oxygen atoms in total. The van der Waals surface area contributed by atoms with Gasteiger partial charge in [0.2, 0.25) is 0 Å². The highest BCUT2D eigenvalue weighted by atomic mass is 15.1. The normalized spacial score (nSPS) is 15.3. The van der Waals surface area contributed by atoms with Crippen LogP contribution in [-0.2, 0) is 16.2 Å². The molecule has 0 unspecified atom stereocenters. The second-order valence-corrected chi connectivity index (χ2v) is 22.1. The van der Waals surface area contributed by atoms with Crippen LogP contribution in [-0.4, -0.2) is 0 Å². The summed E-state index contributed by atoms with van der Waals surface area (Å²) in [5, 5.41) is 15.4. The molecule has 12 aromatic rings. The van der Waals surface area contributed by atoms with Crippen LogP contribution in [0.3, 0.4) is 0 Å². The summed E-state index contributed by atoms with van der Waals surface area (Å²) in [5.41, 5.74) is 19.6. The van der Waals surface area contributed by atoms with Gasteiger partial charge in [0, 0.05) is 33.3 Å². The van der Waals surface area contributed by atoms with E-state index < -0.39 is 0 Å². The summed E-state index contributed by atoms with van der Waals surface area (Å²) in [6.45, 7) is 14.5. The number of fused-ring (bicyclic) bond motifs is 19. The molecule has 3 aliphatic rings. The highest BCUT2D eigenvalue weighted by Gasteiger charge is 2.43. The van der Waals surface area contributed by atoms with Gasteiger partial charge in [0.25, 0.3) is 0 Å². The Labute approximate surface area is 409 Å². The molecule has 0 heterocycles. The van der Waals surface area contributed by atoms with Crippen molar-refractivity contribution < 1.29 is 0 Å². The SMILES string of the molecule is CC1(C)c2cc(N(c3ccc4cc5c(cc4c3)C(C)(C)c3cc4ccccc4cc3-5)c3ccc4c5ccccc5c5ccccc5c4c3)ccc2-c2cc3c(cc21)-c1c(ccc2ccccc12)C3(C)C. The minimum atomic E-state index is -0.229. The molecule has 0 aliphatic heterocycles. The zero-order valence-corrected chi connectivity index (χ0v) is 40.5. The molecule has 1 heteroatoms. The molecule has 0 saturated carbocycles. The van der Waals surface area contributed by atoms with Crippen molar-refractivity contribution in [2.75, 3.05) is 4.90 Å². The van der Waals surface area contributed by atoms with Crippen molar-refractivity contribution in [2.45, 2.75) is 57.8 Å². The van der Waals surface area contributed by atoms with Gasteiger partial charge in [-0.25, -0.2) is 0 Å². The molecular weight excluding hydrogens is 843 g/mol. The Morgan fingerprint density at radius 3 is 1.34 bits per heavy atom. The Morgan fingerprint density at radius 2 is 0.657 bits per heavy atom. The molecular formula is C69H51N. The van der Waals surface area contributed by atoms with E-state index in [1.54, 1.807) is 0 Å². The summed E-state index contributed by atoms with van der Waals surface area (Å²) in [7, 11) is 0. The van der Waals surface area contributed by atoms with Crippen LogP contribution in [0.5, 0.6) is 0 Å². The van der Waals surface area contributed by atoms with E-state index in [9.17, 15) is 0 Å². The molecule has 0 radical (unpaired) electrons. The third-order valence-electron chi connectivity index (χ3n) is 17.3. The standard InChI is InChI=1S/C69H51N/c1-67(2)60-30-24-40-15-9-10-18-48(40)66(60)59-39-64-58(38-65(59)67)54-29-27-47(37-63(54)69(64,5)6)70(46-26-28-53-51-21-12-11-19-49(51)50-20-13-14-22-52(50)55(53)36-46)45-25-23-43-33-57-56-32-41-16-7-8-17-42(41)34-61(56)68(3,4)62(57)35-44(43)31-45/h7-39H,1-6H3. The van der Waals surface area contributed by atoms with Crippen molar-refractivity contribution in [3.63, 3.8) is 0 Å². The van der Waals surface area contributed by atoms with Gasteiger partial charge in [0.15, 0.2) is 0 Å². The highest BCUT2D eigenvalue weighted by molar-refractivity contribution is 6.26. The van der Waals surface area contributed by atoms with Crippen LogP contribution in [0, 0.1) is 0 Å². The Kier molecular flexibility index (Phi) is 7.77. The third-order valence-corrected chi connectivity index (χ3v) is 17.3. The van der Waals surface area contributed by atoms with Gasteiger partial charge in [-0.05, 0) is 204 Å². The topological polar surface area (TPSA) is 3.24 Å². The van der Waals surface area contributed by atoms with Crippen molar-refractivity contribution in [3.8, 4) is 33.4 Å². The maximum atomic E-state index is 2.56. The lowest BCUT2D eigenvalue weighted by Gasteiger charge is -2.29.